The summed E-state index contributed by atoms with van der Waals surface area (Å²) in [5.74, 6) is 0. The van der Waals surface area contributed by atoms with Crippen LogP contribution < -0.4 is 5.32 Å². The fraction of sp³-hybridized carbons (Fsp3) is 1.00. The first kappa shape index (κ1) is 7.42. The summed E-state index contributed by atoms with van der Waals surface area (Å²) in [5, 5.41) is 3.42. The smallest absolute Gasteiger partial charge is 0.0589 e. The van der Waals surface area contributed by atoms with Gasteiger partial charge in [0.2, 0.25) is 0 Å². The maximum absolute atomic E-state index is 4.47. The van der Waals surface area contributed by atoms with Gasteiger partial charge >= 0.3 is 0 Å². The Labute approximate surface area is 62.6 Å². The molecule has 0 saturated carbocycles. The second-order valence-electron chi connectivity index (χ2n) is 3.21. The topological polar surface area (TPSA) is 12.0 Å². The van der Waals surface area contributed by atoms with Crippen molar-refractivity contribution in [2.45, 2.75) is 44.0 Å². The summed E-state index contributed by atoms with van der Waals surface area (Å²) in [7, 11) is 0. The number of rotatable bonds is 0. The Morgan fingerprint density at radius 2 is 2.33 bits per heavy atom. The molecule has 1 saturated heterocycles. The van der Waals surface area contributed by atoms with Gasteiger partial charge in [0, 0.05) is 6.04 Å². The van der Waals surface area contributed by atoms with E-state index in [1.165, 1.54) is 19.3 Å². The highest BCUT2D eigenvalue weighted by Crippen LogP contribution is 2.24. The van der Waals surface area contributed by atoms with E-state index in [1.807, 2.05) is 0 Å². The summed E-state index contributed by atoms with van der Waals surface area (Å²) in [6.45, 7) is 4.36. The van der Waals surface area contributed by atoms with E-state index in [-0.39, 0.29) is 4.87 Å². The van der Waals surface area contributed by atoms with Crippen LogP contribution in [0.2, 0.25) is 0 Å². The largest absolute Gasteiger partial charge is 0.301 e. The number of hydrogen-bond donors (Lipinski definition) is 2. The molecule has 1 aliphatic rings. The van der Waals surface area contributed by atoms with E-state index in [0.717, 1.165) is 0 Å². The lowest BCUT2D eigenvalue weighted by molar-refractivity contribution is 0.326. The van der Waals surface area contributed by atoms with Gasteiger partial charge < -0.3 is 5.32 Å². The fourth-order valence-electron chi connectivity index (χ4n) is 1.43. The van der Waals surface area contributed by atoms with E-state index in [2.05, 4.69) is 31.8 Å². The zero-order chi connectivity index (χ0) is 6.91. The Kier molecular flexibility index (Phi) is 2.07. The van der Waals surface area contributed by atoms with Gasteiger partial charge in [-0.2, -0.15) is 12.6 Å². The molecule has 0 radical (unpaired) electrons. The Balaban J connectivity index is 2.41. The average molecular weight is 145 g/mol. The molecule has 1 fully saturated rings. The van der Waals surface area contributed by atoms with Crippen LogP contribution in [0.4, 0.5) is 0 Å². The second-order valence-corrected chi connectivity index (χ2v) is 4.20. The molecule has 2 atom stereocenters. The van der Waals surface area contributed by atoms with Crippen LogP contribution >= 0.6 is 12.6 Å². The zero-order valence-electron chi connectivity index (χ0n) is 6.15. The molecule has 2 heteroatoms. The Morgan fingerprint density at radius 3 is 2.67 bits per heavy atom. The third-order valence-electron chi connectivity index (χ3n) is 1.86. The molecule has 0 aliphatic carbocycles. The number of piperidine rings is 1. The third kappa shape index (κ3) is 2.18. The van der Waals surface area contributed by atoms with E-state index in [4.69, 9.17) is 0 Å². The van der Waals surface area contributed by atoms with Crippen molar-refractivity contribution in [1.82, 2.24) is 5.32 Å². The van der Waals surface area contributed by atoms with Gasteiger partial charge in [0.1, 0.15) is 0 Å². The van der Waals surface area contributed by atoms with Gasteiger partial charge in [0.25, 0.3) is 0 Å². The average Bonchev–Trinajstić information content (AvgIpc) is 1.60. The molecule has 2 unspecified atom stereocenters. The molecule has 1 nitrogen and oxygen atoms in total. The van der Waals surface area contributed by atoms with E-state index in [0.29, 0.717) is 6.04 Å². The molecule has 0 aromatic carbocycles. The molecular formula is C7H15NS. The summed E-state index contributed by atoms with van der Waals surface area (Å²) >= 11 is 4.47. The molecule has 1 aliphatic heterocycles. The van der Waals surface area contributed by atoms with Gasteiger partial charge in [-0.05, 0) is 33.1 Å². The molecule has 0 amide bonds. The Morgan fingerprint density at radius 1 is 1.67 bits per heavy atom. The van der Waals surface area contributed by atoms with Crippen LogP contribution in [0.15, 0.2) is 0 Å². The molecule has 1 heterocycles. The van der Waals surface area contributed by atoms with Gasteiger partial charge in [-0.3, -0.25) is 0 Å². The molecule has 0 bridgehead atoms. The second kappa shape index (κ2) is 2.51. The van der Waals surface area contributed by atoms with Crippen LogP contribution in [0.1, 0.15) is 33.1 Å². The highest BCUT2D eigenvalue weighted by Gasteiger charge is 2.24. The van der Waals surface area contributed by atoms with Crippen LogP contribution in [0, 0.1) is 0 Å². The Bertz CT molecular complexity index is 101. The zero-order valence-corrected chi connectivity index (χ0v) is 7.04. The van der Waals surface area contributed by atoms with Gasteiger partial charge in [-0.25, -0.2) is 0 Å². The van der Waals surface area contributed by atoms with E-state index in [9.17, 15) is 0 Å². The van der Waals surface area contributed by atoms with Crippen LogP contribution in [0.3, 0.4) is 0 Å². The first-order chi connectivity index (χ1) is 4.10. The fourth-order valence-corrected chi connectivity index (χ4v) is 1.81. The molecule has 1 rings (SSSR count). The molecule has 9 heavy (non-hydrogen) atoms. The van der Waals surface area contributed by atoms with Crippen molar-refractivity contribution in [3.63, 3.8) is 0 Å². The normalized spacial score (nSPS) is 45.0. The standard InChI is InChI=1S/C7H15NS/c1-6-4-3-5-7(2,9)8-6/h6,8-9H,3-5H2,1-2H3. The SMILES string of the molecule is CC1CCCC(C)(S)N1. The van der Waals surface area contributed by atoms with Crippen molar-refractivity contribution in [2.75, 3.05) is 0 Å². The molecule has 0 aromatic heterocycles. The van der Waals surface area contributed by atoms with Gasteiger partial charge in [-0.15, -0.1) is 0 Å². The van der Waals surface area contributed by atoms with Crippen molar-refractivity contribution in [3.8, 4) is 0 Å². The van der Waals surface area contributed by atoms with Gasteiger partial charge in [0.05, 0.1) is 4.87 Å². The van der Waals surface area contributed by atoms with Crippen molar-refractivity contribution < 1.29 is 0 Å². The van der Waals surface area contributed by atoms with Crippen molar-refractivity contribution >= 4 is 12.6 Å². The predicted molar refractivity (Wildman–Crippen MR) is 43.8 cm³/mol. The first-order valence-corrected chi connectivity index (χ1v) is 4.05. The lowest BCUT2D eigenvalue weighted by atomic mass is 10.0. The van der Waals surface area contributed by atoms with Crippen LogP contribution in [-0.4, -0.2) is 10.9 Å². The van der Waals surface area contributed by atoms with Gasteiger partial charge in [0.15, 0.2) is 0 Å². The summed E-state index contributed by atoms with van der Waals surface area (Å²) in [5.41, 5.74) is 0. The predicted octanol–water partition coefficient (Wildman–Crippen LogP) is 1.79. The highest BCUT2D eigenvalue weighted by molar-refractivity contribution is 7.81. The minimum absolute atomic E-state index is 0.0949. The van der Waals surface area contributed by atoms with E-state index >= 15 is 0 Å². The van der Waals surface area contributed by atoms with E-state index in [1.54, 1.807) is 0 Å². The third-order valence-corrected chi connectivity index (χ3v) is 2.21. The van der Waals surface area contributed by atoms with Crippen LogP contribution in [0.5, 0.6) is 0 Å². The molecule has 54 valence electrons. The number of hydrogen-bond acceptors (Lipinski definition) is 2. The summed E-state index contributed by atoms with van der Waals surface area (Å²) < 4.78 is 0. The highest BCUT2D eigenvalue weighted by atomic mass is 32.1. The number of nitrogens with one attached hydrogen (secondary N) is 1. The Hall–Kier alpha value is 0.310. The minimum atomic E-state index is 0.0949. The molecule has 1 N–H and O–H groups in total. The van der Waals surface area contributed by atoms with Crippen molar-refractivity contribution in [2.24, 2.45) is 0 Å². The quantitative estimate of drug-likeness (QED) is 0.495. The minimum Gasteiger partial charge on any atom is -0.301 e. The van der Waals surface area contributed by atoms with Crippen molar-refractivity contribution in [3.05, 3.63) is 0 Å². The van der Waals surface area contributed by atoms with E-state index < -0.39 is 0 Å². The van der Waals surface area contributed by atoms with Crippen LogP contribution in [0.25, 0.3) is 0 Å². The molecule has 0 spiro atoms. The van der Waals surface area contributed by atoms with Crippen LogP contribution in [-0.2, 0) is 0 Å². The molecular weight excluding hydrogens is 130 g/mol. The monoisotopic (exact) mass is 145 g/mol. The first-order valence-electron chi connectivity index (χ1n) is 3.60. The summed E-state index contributed by atoms with van der Waals surface area (Å²) in [4.78, 5) is 0.0949. The maximum atomic E-state index is 4.47. The van der Waals surface area contributed by atoms with Gasteiger partial charge in [-0.1, -0.05) is 0 Å². The summed E-state index contributed by atoms with van der Waals surface area (Å²) in [6, 6.07) is 0.654. The van der Waals surface area contributed by atoms with Crippen molar-refractivity contribution in [1.29, 1.82) is 0 Å². The lowest BCUT2D eigenvalue weighted by Crippen LogP contribution is -2.46. The lowest BCUT2D eigenvalue weighted by Gasteiger charge is -2.34. The maximum Gasteiger partial charge on any atom is 0.0589 e. The summed E-state index contributed by atoms with van der Waals surface area (Å²) in [6.07, 6.45) is 3.81. The number of thiol groups is 1. The molecule has 0 aromatic rings.